The van der Waals surface area contributed by atoms with Gasteiger partial charge < -0.3 is 49.0 Å². The maximum Gasteiger partial charge on any atom is 0.326 e. The minimum Gasteiger partial charge on any atom is -0.480 e. The van der Waals surface area contributed by atoms with Crippen LogP contribution in [0.5, 0.6) is 0 Å². The van der Waals surface area contributed by atoms with Gasteiger partial charge in [-0.15, -0.1) is 0 Å². The number of guanidine groups is 1. The van der Waals surface area contributed by atoms with Gasteiger partial charge in [0.05, 0.1) is 12.4 Å². The van der Waals surface area contributed by atoms with Gasteiger partial charge in [0, 0.05) is 31.3 Å². The van der Waals surface area contributed by atoms with E-state index >= 15 is 0 Å². The SMILES string of the molecule is CC(C)CC(NC(=O)C(CCC(N)=O)NC(=O)C(N)Cc1cnc[nH]1)C(=O)NC(CCCN=C(N)N)C(=O)O. The van der Waals surface area contributed by atoms with Crippen LogP contribution in [0.2, 0.25) is 0 Å². The van der Waals surface area contributed by atoms with Gasteiger partial charge >= 0.3 is 5.97 Å². The Morgan fingerprint density at radius 3 is 2.13 bits per heavy atom. The topological polar surface area (TPSA) is 287 Å². The average molecular weight is 553 g/mol. The summed E-state index contributed by atoms with van der Waals surface area (Å²) in [6.45, 7) is 3.81. The van der Waals surface area contributed by atoms with E-state index in [4.69, 9.17) is 22.9 Å². The lowest BCUT2D eigenvalue weighted by atomic mass is 10.0. The minimum atomic E-state index is -1.26. The summed E-state index contributed by atoms with van der Waals surface area (Å²) in [5.74, 6) is -4.28. The number of carboxylic acid groups (broad SMARTS) is 1. The fourth-order valence-electron chi connectivity index (χ4n) is 3.57. The van der Waals surface area contributed by atoms with E-state index < -0.39 is 53.8 Å². The monoisotopic (exact) mass is 552 g/mol. The molecule has 218 valence electrons. The number of imidazole rings is 1. The first-order valence-corrected chi connectivity index (χ1v) is 12.5. The van der Waals surface area contributed by atoms with E-state index in [1.54, 1.807) is 0 Å². The Bertz CT molecular complexity index is 994. The molecule has 0 aliphatic rings. The third-order valence-electron chi connectivity index (χ3n) is 5.54. The van der Waals surface area contributed by atoms with Crippen LogP contribution in [-0.4, -0.2) is 81.3 Å². The van der Waals surface area contributed by atoms with E-state index in [-0.39, 0.29) is 56.9 Å². The average Bonchev–Trinajstić information content (AvgIpc) is 3.35. The predicted octanol–water partition coefficient (Wildman–Crippen LogP) is -2.82. The number of carbonyl (C=O) groups excluding carboxylic acids is 4. The molecule has 0 radical (unpaired) electrons. The van der Waals surface area contributed by atoms with E-state index in [0.717, 1.165) is 0 Å². The number of H-pyrrole nitrogens is 1. The number of aliphatic imine (C=N–C) groups is 1. The van der Waals surface area contributed by atoms with Gasteiger partial charge in [-0.05, 0) is 31.6 Å². The lowest BCUT2D eigenvalue weighted by Crippen LogP contribution is -2.57. The molecule has 1 rings (SSSR count). The molecule has 1 heterocycles. The molecule has 16 nitrogen and oxygen atoms in total. The van der Waals surface area contributed by atoms with Gasteiger partial charge in [-0.2, -0.15) is 0 Å². The summed E-state index contributed by atoms with van der Waals surface area (Å²) >= 11 is 0. The van der Waals surface area contributed by atoms with Crippen molar-refractivity contribution in [2.45, 2.75) is 76.5 Å². The molecule has 0 saturated heterocycles. The zero-order valence-electron chi connectivity index (χ0n) is 22.2. The molecule has 4 atom stereocenters. The third-order valence-corrected chi connectivity index (χ3v) is 5.54. The smallest absolute Gasteiger partial charge is 0.326 e. The van der Waals surface area contributed by atoms with Crippen LogP contribution in [-0.2, 0) is 30.4 Å². The summed E-state index contributed by atoms with van der Waals surface area (Å²) in [6.07, 6.45) is 3.21. The zero-order chi connectivity index (χ0) is 29.5. The molecule has 4 unspecified atom stereocenters. The normalized spacial score (nSPS) is 13.9. The molecule has 0 aliphatic heterocycles. The van der Waals surface area contributed by atoms with Gasteiger partial charge in [-0.1, -0.05) is 13.8 Å². The number of primary amides is 1. The van der Waals surface area contributed by atoms with Crippen molar-refractivity contribution >= 4 is 35.6 Å². The van der Waals surface area contributed by atoms with E-state index in [1.807, 2.05) is 13.8 Å². The number of aliphatic carboxylic acids is 1. The molecule has 0 saturated carbocycles. The maximum absolute atomic E-state index is 13.2. The number of nitrogens with zero attached hydrogens (tertiary/aromatic N) is 2. The Labute approximate surface area is 226 Å². The minimum absolute atomic E-state index is 0.0473. The van der Waals surface area contributed by atoms with Crippen molar-refractivity contribution < 1.29 is 29.1 Å². The van der Waals surface area contributed by atoms with Gasteiger partial charge in [0.1, 0.15) is 18.1 Å². The molecule has 39 heavy (non-hydrogen) atoms. The number of nitrogens with one attached hydrogen (secondary N) is 4. The maximum atomic E-state index is 13.2. The van der Waals surface area contributed by atoms with Gasteiger partial charge in [0.15, 0.2) is 5.96 Å². The second-order valence-corrected chi connectivity index (χ2v) is 9.49. The first kappa shape index (κ1) is 32.8. The van der Waals surface area contributed by atoms with Gasteiger partial charge in [-0.3, -0.25) is 24.2 Å². The van der Waals surface area contributed by atoms with Crippen molar-refractivity contribution in [1.82, 2.24) is 25.9 Å². The molecule has 0 spiro atoms. The Hall–Kier alpha value is -4.21. The Kier molecular flexibility index (Phi) is 14.0. The standard InChI is InChI=1S/C23H40N10O6/c1-12(2)8-17(21(37)32-16(22(38)39)4-3-7-29-23(26)27)33-20(36)15(5-6-18(25)34)31-19(35)14(24)9-13-10-28-11-30-13/h10-12,14-17H,3-9,24H2,1-2H3,(H2,25,34)(H,28,30)(H,31,35)(H,32,37)(H,33,36)(H,38,39)(H4,26,27,29). The highest BCUT2D eigenvalue weighted by molar-refractivity contribution is 5.94. The van der Waals surface area contributed by atoms with Crippen molar-refractivity contribution in [2.24, 2.45) is 33.8 Å². The van der Waals surface area contributed by atoms with E-state index in [9.17, 15) is 29.1 Å². The van der Waals surface area contributed by atoms with E-state index in [2.05, 4.69) is 30.9 Å². The zero-order valence-corrected chi connectivity index (χ0v) is 22.2. The lowest BCUT2D eigenvalue weighted by molar-refractivity contribution is -0.142. The van der Waals surface area contributed by atoms with Crippen LogP contribution >= 0.6 is 0 Å². The Morgan fingerprint density at radius 1 is 0.974 bits per heavy atom. The largest absolute Gasteiger partial charge is 0.480 e. The number of rotatable bonds is 18. The molecular weight excluding hydrogens is 512 g/mol. The van der Waals surface area contributed by atoms with Crippen LogP contribution in [0, 0.1) is 5.92 Å². The van der Waals surface area contributed by atoms with Crippen molar-refractivity contribution in [3.05, 3.63) is 18.2 Å². The number of nitrogens with two attached hydrogens (primary N) is 4. The molecule has 0 bridgehead atoms. The lowest BCUT2D eigenvalue weighted by Gasteiger charge is -2.26. The molecule has 13 N–H and O–H groups in total. The fraction of sp³-hybridized carbons (Fsp3) is 0.609. The first-order valence-electron chi connectivity index (χ1n) is 12.5. The fourth-order valence-corrected chi connectivity index (χ4v) is 3.57. The van der Waals surface area contributed by atoms with Gasteiger partial charge in [0.2, 0.25) is 23.6 Å². The highest BCUT2D eigenvalue weighted by atomic mass is 16.4. The second kappa shape index (κ2) is 16.6. The number of carbonyl (C=O) groups is 5. The Balaban J connectivity index is 2.95. The van der Waals surface area contributed by atoms with E-state index in [1.165, 1.54) is 12.5 Å². The molecule has 1 aromatic rings. The first-order chi connectivity index (χ1) is 18.3. The highest BCUT2D eigenvalue weighted by Gasteiger charge is 2.31. The summed E-state index contributed by atoms with van der Waals surface area (Å²) in [5.41, 5.74) is 22.3. The number of hydrogen-bond donors (Lipinski definition) is 9. The summed E-state index contributed by atoms with van der Waals surface area (Å²) in [6, 6.07) is -4.62. The molecule has 0 aromatic carbocycles. The highest BCUT2D eigenvalue weighted by Crippen LogP contribution is 2.09. The number of amides is 4. The number of aromatic nitrogens is 2. The summed E-state index contributed by atoms with van der Waals surface area (Å²) in [7, 11) is 0. The molecular formula is C23H40N10O6. The van der Waals surface area contributed by atoms with Crippen LogP contribution in [0.25, 0.3) is 0 Å². The Morgan fingerprint density at radius 2 is 1.59 bits per heavy atom. The molecule has 4 amide bonds. The third kappa shape index (κ3) is 13.2. The molecule has 16 heteroatoms. The second-order valence-electron chi connectivity index (χ2n) is 9.49. The molecule has 1 aromatic heterocycles. The van der Waals surface area contributed by atoms with Crippen molar-refractivity contribution in [2.75, 3.05) is 6.54 Å². The van der Waals surface area contributed by atoms with Crippen LogP contribution in [0.4, 0.5) is 0 Å². The van der Waals surface area contributed by atoms with Crippen LogP contribution < -0.4 is 38.9 Å². The number of hydrogen-bond acceptors (Lipinski definition) is 8. The predicted molar refractivity (Wildman–Crippen MR) is 141 cm³/mol. The van der Waals surface area contributed by atoms with Crippen LogP contribution in [0.15, 0.2) is 17.5 Å². The van der Waals surface area contributed by atoms with Crippen molar-refractivity contribution in [3.8, 4) is 0 Å². The molecule has 0 aliphatic carbocycles. The van der Waals surface area contributed by atoms with Crippen LogP contribution in [0.3, 0.4) is 0 Å². The van der Waals surface area contributed by atoms with Gasteiger partial charge in [0.25, 0.3) is 0 Å². The van der Waals surface area contributed by atoms with Crippen molar-refractivity contribution in [1.29, 1.82) is 0 Å². The summed E-state index contributed by atoms with van der Waals surface area (Å²) < 4.78 is 0. The van der Waals surface area contributed by atoms with Gasteiger partial charge in [-0.25, -0.2) is 9.78 Å². The molecule has 0 fully saturated rings. The van der Waals surface area contributed by atoms with Crippen molar-refractivity contribution in [3.63, 3.8) is 0 Å². The summed E-state index contributed by atoms with van der Waals surface area (Å²) in [4.78, 5) is 72.4. The summed E-state index contributed by atoms with van der Waals surface area (Å²) in [5, 5.41) is 17.0. The van der Waals surface area contributed by atoms with E-state index in [0.29, 0.717) is 5.69 Å². The number of carboxylic acids is 1. The van der Waals surface area contributed by atoms with Crippen LogP contribution in [0.1, 0.15) is 51.6 Å². The quantitative estimate of drug-likeness (QED) is 0.0511. The number of aromatic amines is 1.